The van der Waals surface area contributed by atoms with E-state index in [9.17, 15) is 0 Å². The molecule has 2 rings (SSSR count). The number of likely N-dealkylation sites (N-methyl/N-ethyl adjacent to an activating group) is 1. The number of nitrogens with two attached hydrogens (primary N) is 1. The molecule has 4 heteroatoms. The molecule has 0 fully saturated rings. The molecular weight excluding hydrogens is 214 g/mol. The highest BCUT2D eigenvalue weighted by Gasteiger charge is 2.05. The van der Waals surface area contributed by atoms with Crippen LogP contribution in [0.1, 0.15) is 0 Å². The first-order valence-electron chi connectivity index (χ1n) is 5.59. The van der Waals surface area contributed by atoms with Crippen LogP contribution in [0.4, 0.5) is 5.69 Å². The molecule has 90 valence electrons. The third-order valence-electron chi connectivity index (χ3n) is 2.56. The molecule has 0 saturated carbocycles. The summed E-state index contributed by atoms with van der Waals surface area (Å²) in [6.07, 6.45) is 1.74. The van der Waals surface area contributed by atoms with E-state index in [2.05, 4.69) is 9.88 Å². The average Bonchev–Trinajstić information content (AvgIpc) is 2.32. The van der Waals surface area contributed by atoms with E-state index in [1.165, 1.54) is 0 Å². The molecule has 0 aliphatic heterocycles. The molecule has 17 heavy (non-hydrogen) atoms. The predicted molar refractivity (Wildman–Crippen MR) is 70.2 cm³/mol. The number of benzene rings is 1. The first kappa shape index (κ1) is 11.7. The molecule has 0 bridgehead atoms. The van der Waals surface area contributed by atoms with Gasteiger partial charge in [-0.05, 0) is 38.4 Å². The van der Waals surface area contributed by atoms with Crippen molar-refractivity contribution in [1.82, 2.24) is 9.88 Å². The molecule has 1 aromatic carbocycles. The van der Waals surface area contributed by atoms with E-state index < -0.39 is 0 Å². The van der Waals surface area contributed by atoms with Crippen molar-refractivity contribution < 1.29 is 4.74 Å². The molecule has 0 aliphatic carbocycles. The standard InChI is InChI=1S/C13H17N3O/c1-16(2)8-9-17-12-6-5-11(14)13-10(12)4-3-7-15-13/h3-7H,8-9,14H2,1-2H3. The summed E-state index contributed by atoms with van der Waals surface area (Å²) in [6.45, 7) is 1.53. The third-order valence-corrected chi connectivity index (χ3v) is 2.56. The molecule has 1 aromatic heterocycles. The Kier molecular flexibility index (Phi) is 3.44. The van der Waals surface area contributed by atoms with Gasteiger partial charge in [0.2, 0.25) is 0 Å². The number of nitrogen functional groups attached to an aromatic ring is 1. The van der Waals surface area contributed by atoms with Crippen LogP contribution in [0.2, 0.25) is 0 Å². The maximum absolute atomic E-state index is 5.88. The van der Waals surface area contributed by atoms with Crippen LogP contribution in [0.15, 0.2) is 30.5 Å². The first-order chi connectivity index (χ1) is 8.18. The summed E-state index contributed by atoms with van der Waals surface area (Å²) in [5, 5.41) is 0.964. The van der Waals surface area contributed by atoms with Crippen LogP contribution >= 0.6 is 0 Å². The van der Waals surface area contributed by atoms with Crippen molar-refractivity contribution in [3.05, 3.63) is 30.5 Å². The van der Waals surface area contributed by atoms with E-state index in [0.29, 0.717) is 12.3 Å². The number of fused-ring (bicyclic) bond motifs is 1. The Morgan fingerprint density at radius 1 is 1.29 bits per heavy atom. The summed E-state index contributed by atoms with van der Waals surface area (Å²) in [4.78, 5) is 6.35. The van der Waals surface area contributed by atoms with Crippen molar-refractivity contribution in [1.29, 1.82) is 0 Å². The Balaban J connectivity index is 2.26. The van der Waals surface area contributed by atoms with E-state index >= 15 is 0 Å². The van der Waals surface area contributed by atoms with Crippen LogP contribution in [0, 0.1) is 0 Å². The molecule has 0 spiro atoms. The Morgan fingerprint density at radius 2 is 2.12 bits per heavy atom. The van der Waals surface area contributed by atoms with Gasteiger partial charge in [-0.25, -0.2) is 0 Å². The molecule has 0 radical (unpaired) electrons. The van der Waals surface area contributed by atoms with Crippen LogP contribution in [-0.2, 0) is 0 Å². The SMILES string of the molecule is CN(C)CCOc1ccc(N)c2ncccc12. The molecule has 0 aliphatic rings. The van der Waals surface area contributed by atoms with Gasteiger partial charge in [-0.15, -0.1) is 0 Å². The van der Waals surface area contributed by atoms with Crippen LogP contribution in [-0.4, -0.2) is 37.1 Å². The number of pyridine rings is 1. The normalized spacial score (nSPS) is 11.0. The minimum Gasteiger partial charge on any atom is -0.492 e. The number of ether oxygens (including phenoxy) is 1. The molecule has 0 saturated heterocycles. The van der Waals surface area contributed by atoms with Gasteiger partial charge in [0.1, 0.15) is 12.4 Å². The van der Waals surface area contributed by atoms with Gasteiger partial charge in [0.15, 0.2) is 0 Å². The topological polar surface area (TPSA) is 51.4 Å². The highest BCUT2D eigenvalue weighted by atomic mass is 16.5. The van der Waals surface area contributed by atoms with Crippen molar-refractivity contribution in [2.24, 2.45) is 0 Å². The second-order valence-electron chi connectivity index (χ2n) is 4.20. The van der Waals surface area contributed by atoms with Crippen molar-refractivity contribution >= 4 is 16.6 Å². The first-order valence-corrected chi connectivity index (χ1v) is 5.59. The maximum Gasteiger partial charge on any atom is 0.128 e. The predicted octanol–water partition coefficient (Wildman–Crippen LogP) is 1.76. The summed E-state index contributed by atoms with van der Waals surface area (Å²) >= 11 is 0. The molecule has 2 aromatic rings. The summed E-state index contributed by atoms with van der Waals surface area (Å²) in [5.74, 6) is 0.837. The minimum absolute atomic E-state index is 0.654. The summed E-state index contributed by atoms with van der Waals surface area (Å²) < 4.78 is 5.75. The van der Waals surface area contributed by atoms with Gasteiger partial charge < -0.3 is 15.4 Å². The number of hydrogen-bond donors (Lipinski definition) is 1. The van der Waals surface area contributed by atoms with E-state index in [1.807, 2.05) is 38.4 Å². The lowest BCUT2D eigenvalue weighted by atomic mass is 10.2. The molecule has 0 unspecified atom stereocenters. The summed E-state index contributed by atoms with van der Waals surface area (Å²) in [6, 6.07) is 7.60. The molecule has 4 nitrogen and oxygen atoms in total. The fraction of sp³-hybridized carbons (Fsp3) is 0.308. The molecule has 2 N–H and O–H groups in total. The molecule has 0 atom stereocenters. The largest absolute Gasteiger partial charge is 0.492 e. The lowest BCUT2D eigenvalue weighted by Crippen LogP contribution is -2.19. The van der Waals surface area contributed by atoms with Crippen molar-refractivity contribution in [3.8, 4) is 5.75 Å². The van der Waals surface area contributed by atoms with Crippen LogP contribution in [0.3, 0.4) is 0 Å². The third kappa shape index (κ3) is 2.65. The van der Waals surface area contributed by atoms with Gasteiger partial charge >= 0.3 is 0 Å². The van der Waals surface area contributed by atoms with E-state index in [-0.39, 0.29) is 0 Å². The van der Waals surface area contributed by atoms with Crippen molar-refractivity contribution in [2.75, 3.05) is 33.0 Å². The highest BCUT2D eigenvalue weighted by molar-refractivity contribution is 5.93. The monoisotopic (exact) mass is 231 g/mol. The zero-order valence-corrected chi connectivity index (χ0v) is 10.2. The second kappa shape index (κ2) is 5.01. The summed E-state index contributed by atoms with van der Waals surface area (Å²) in [7, 11) is 4.04. The zero-order valence-electron chi connectivity index (χ0n) is 10.2. The Bertz CT molecular complexity index is 511. The van der Waals surface area contributed by atoms with Gasteiger partial charge in [-0.1, -0.05) is 0 Å². The number of rotatable bonds is 4. The summed E-state index contributed by atoms with van der Waals surface area (Å²) in [5.41, 5.74) is 7.36. The highest BCUT2D eigenvalue weighted by Crippen LogP contribution is 2.28. The zero-order chi connectivity index (χ0) is 12.3. The van der Waals surface area contributed by atoms with Gasteiger partial charge in [0.25, 0.3) is 0 Å². The van der Waals surface area contributed by atoms with E-state index in [4.69, 9.17) is 10.5 Å². The van der Waals surface area contributed by atoms with Crippen molar-refractivity contribution in [3.63, 3.8) is 0 Å². The Hall–Kier alpha value is -1.81. The molecule has 0 amide bonds. The van der Waals surface area contributed by atoms with Gasteiger partial charge in [-0.2, -0.15) is 0 Å². The van der Waals surface area contributed by atoms with Gasteiger partial charge in [0, 0.05) is 18.1 Å². The Morgan fingerprint density at radius 3 is 2.88 bits per heavy atom. The average molecular weight is 231 g/mol. The maximum atomic E-state index is 5.88. The molecule has 1 heterocycles. The van der Waals surface area contributed by atoms with Crippen LogP contribution in [0.25, 0.3) is 10.9 Å². The number of aromatic nitrogens is 1. The van der Waals surface area contributed by atoms with Gasteiger partial charge in [-0.3, -0.25) is 4.98 Å². The van der Waals surface area contributed by atoms with Crippen molar-refractivity contribution in [2.45, 2.75) is 0 Å². The second-order valence-corrected chi connectivity index (χ2v) is 4.20. The fourth-order valence-electron chi connectivity index (χ4n) is 1.63. The van der Waals surface area contributed by atoms with Crippen LogP contribution < -0.4 is 10.5 Å². The van der Waals surface area contributed by atoms with E-state index in [1.54, 1.807) is 6.20 Å². The lowest BCUT2D eigenvalue weighted by Gasteiger charge is -2.13. The van der Waals surface area contributed by atoms with E-state index in [0.717, 1.165) is 23.2 Å². The molecular formula is C13H17N3O. The quantitative estimate of drug-likeness (QED) is 0.815. The minimum atomic E-state index is 0.654. The lowest BCUT2D eigenvalue weighted by molar-refractivity contribution is 0.263. The number of nitrogens with zero attached hydrogens (tertiary/aromatic N) is 2. The Labute approximate surface area is 101 Å². The van der Waals surface area contributed by atoms with Crippen LogP contribution in [0.5, 0.6) is 5.75 Å². The number of anilines is 1. The fourth-order valence-corrected chi connectivity index (χ4v) is 1.63. The van der Waals surface area contributed by atoms with Gasteiger partial charge in [0.05, 0.1) is 11.2 Å². The number of hydrogen-bond acceptors (Lipinski definition) is 4. The smallest absolute Gasteiger partial charge is 0.128 e.